The number of rotatable bonds is 3. The van der Waals surface area contributed by atoms with Crippen LogP contribution in [0.15, 0.2) is 33.7 Å². The number of aromatic nitrogens is 1. The fourth-order valence-corrected chi connectivity index (χ4v) is 4.64. The lowest BCUT2D eigenvalue weighted by Gasteiger charge is -2.35. The van der Waals surface area contributed by atoms with Crippen molar-refractivity contribution in [3.05, 3.63) is 41.3 Å². The van der Waals surface area contributed by atoms with E-state index in [1.807, 2.05) is 18.2 Å². The molecule has 1 aliphatic rings. The van der Waals surface area contributed by atoms with Gasteiger partial charge in [-0.1, -0.05) is 11.2 Å². The number of sulfonamides is 1. The van der Waals surface area contributed by atoms with E-state index in [0.29, 0.717) is 43.2 Å². The topological polar surface area (TPSA) is 90.4 Å². The summed E-state index contributed by atoms with van der Waals surface area (Å²) in [5.74, 6) is 0.316. The Bertz CT molecular complexity index is 871. The molecule has 1 aliphatic heterocycles. The van der Waals surface area contributed by atoms with Crippen LogP contribution >= 0.6 is 0 Å². The predicted molar refractivity (Wildman–Crippen MR) is 88.1 cm³/mol. The van der Waals surface area contributed by atoms with Gasteiger partial charge in [0.2, 0.25) is 10.0 Å². The SMILES string of the molecule is Cc1noc(C)c1S(=O)(=O)N1CCN(c2cccc(C#N)c2)CC1. The van der Waals surface area contributed by atoms with Gasteiger partial charge in [-0.25, -0.2) is 8.42 Å². The van der Waals surface area contributed by atoms with Crippen LogP contribution in [-0.4, -0.2) is 44.1 Å². The highest BCUT2D eigenvalue weighted by Crippen LogP contribution is 2.25. The number of benzene rings is 1. The minimum Gasteiger partial charge on any atom is -0.369 e. The second kappa shape index (κ2) is 6.26. The minimum absolute atomic E-state index is 0.169. The van der Waals surface area contributed by atoms with Crippen molar-refractivity contribution in [1.29, 1.82) is 5.26 Å². The van der Waals surface area contributed by atoms with Crippen LogP contribution in [0.25, 0.3) is 0 Å². The van der Waals surface area contributed by atoms with Crippen LogP contribution in [0.5, 0.6) is 0 Å². The van der Waals surface area contributed by atoms with Crippen LogP contribution in [0, 0.1) is 25.2 Å². The van der Waals surface area contributed by atoms with Gasteiger partial charge in [-0.15, -0.1) is 0 Å². The Morgan fingerprint density at radius 1 is 1.21 bits per heavy atom. The Hall–Kier alpha value is -2.37. The van der Waals surface area contributed by atoms with E-state index in [1.54, 1.807) is 19.9 Å². The number of piperazine rings is 1. The number of hydrogen-bond donors (Lipinski definition) is 0. The summed E-state index contributed by atoms with van der Waals surface area (Å²) in [6.07, 6.45) is 0. The molecule has 0 atom stereocenters. The smallest absolute Gasteiger partial charge is 0.248 e. The zero-order valence-corrected chi connectivity index (χ0v) is 14.4. The Morgan fingerprint density at radius 3 is 2.50 bits per heavy atom. The molecule has 2 aromatic rings. The Balaban J connectivity index is 1.76. The van der Waals surface area contributed by atoms with Crippen molar-refractivity contribution < 1.29 is 12.9 Å². The molecule has 2 heterocycles. The van der Waals surface area contributed by atoms with Gasteiger partial charge in [0.15, 0.2) is 5.76 Å². The van der Waals surface area contributed by atoms with E-state index in [2.05, 4.69) is 16.1 Å². The van der Waals surface area contributed by atoms with E-state index in [4.69, 9.17) is 9.78 Å². The van der Waals surface area contributed by atoms with Crippen molar-refractivity contribution in [3.8, 4) is 6.07 Å². The van der Waals surface area contributed by atoms with Gasteiger partial charge in [-0.3, -0.25) is 0 Å². The van der Waals surface area contributed by atoms with Crippen LogP contribution in [0.2, 0.25) is 0 Å². The maximum Gasteiger partial charge on any atom is 0.248 e. The number of anilines is 1. The lowest BCUT2D eigenvalue weighted by Crippen LogP contribution is -2.48. The standard InChI is InChI=1S/C16H18N4O3S/c1-12-16(13(2)23-18-12)24(21,22)20-8-6-19(7-9-20)15-5-3-4-14(10-15)11-17/h3-5,10H,6-9H2,1-2H3. The van der Waals surface area contributed by atoms with Crippen LogP contribution < -0.4 is 4.90 Å². The number of aryl methyl sites for hydroxylation is 2. The first kappa shape index (κ1) is 16.5. The third kappa shape index (κ3) is 2.88. The highest BCUT2D eigenvalue weighted by molar-refractivity contribution is 7.89. The molecule has 24 heavy (non-hydrogen) atoms. The third-order valence-corrected chi connectivity index (χ3v) is 6.29. The Kier molecular flexibility index (Phi) is 4.30. The number of nitrogens with zero attached hydrogens (tertiary/aromatic N) is 4. The molecule has 0 bridgehead atoms. The van der Waals surface area contributed by atoms with Gasteiger partial charge in [-0.2, -0.15) is 9.57 Å². The highest BCUT2D eigenvalue weighted by atomic mass is 32.2. The van der Waals surface area contributed by atoms with Gasteiger partial charge in [0, 0.05) is 31.9 Å². The van der Waals surface area contributed by atoms with Crippen molar-refractivity contribution in [2.75, 3.05) is 31.1 Å². The molecule has 0 unspecified atom stereocenters. The Morgan fingerprint density at radius 2 is 1.92 bits per heavy atom. The Labute approximate surface area is 141 Å². The van der Waals surface area contributed by atoms with Crippen molar-refractivity contribution in [2.45, 2.75) is 18.7 Å². The average Bonchev–Trinajstić information content (AvgIpc) is 2.94. The molecular weight excluding hydrogens is 328 g/mol. The van der Waals surface area contributed by atoms with Crippen LogP contribution in [0.4, 0.5) is 5.69 Å². The van der Waals surface area contributed by atoms with Crippen LogP contribution in [-0.2, 0) is 10.0 Å². The van der Waals surface area contributed by atoms with Gasteiger partial charge in [0.25, 0.3) is 0 Å². The monoisotopic (exact) mass is 346 g/mol. The van der Waals surface area contributed by atoms with Gasteiger partial charge in [-0.05, 0) is 32.0 Å². The van der Waals surface area contributed by atoms with E-state index in [0.717, 1.165) is 5.69 Å². The summed E-state index contributed by atoms with van der Waals surface area (Å²) >= 11 is 0. The second-order valence-corrected chi connectivity index (χ2v) is 7.58. The largest absolute Gasteiger partial charge is 0.369 e. The van der Waals surface area contributed by atoms with E-state index in [-0.39, 0.29) is 4.90 Å². The minimum atomic E-state index is -3.60. The molecule has 1 saturated heterocycles. The summed E-state index contributed by atoms with van der Waals surface area (Å²) in [6, 6.07) is 9.45. The summed E-state index contributed by atoms with van der Waals surface area (Å²) in [7, 11) is -3.60. The molecule has 7 nitrogen and oxygen atoms in total. The number of hydrogen-bond acceptors (Lipinski definition) is 6. The summed E-state index contributed by atoms with van der Waals surface area (Å²) in [6.45, 7) is 5.13. The maximum atomic E-state index is 12.8. The lowest BCUT2D eigenvalue weighted by atomic mass is 10.2. The fraction of sp³-hybridized carbons (Fsp3) is 0.375. The molecule has 8 heteroatoms. The molecule has 1 aromatic carbocycles. The lowest BCUT2D eigenvalue weighted by molar-refractivity contribution is 0.378. The molecule has 0 spiro atoms. The number of nitriles is 1. The molecule has 0 radical (unpaired) electrons. The maximum absolute atomic E-state index is 12.8. The van der Waals surface area contributed by atoms with Crippen LogP contribution in [0.3, 0.4) is 0 Å². The summed E-state index contributed by atoms with van der Waals surface area (Å²) in [5.41, 5.74) is 1.92. The molecule has 0 saturated carbocycles. The van der Waals surface area contributed by atoms with Crippen molar-refractivity contribution in [1.82, 2.24) is 9.46 Å². The van der Waals surface area contributed by atoms with Crippen molar-refractivity contribution in [2.24, 2.45) is 0 Å². The predicted octanol–water partition coefficient (Wildman–Crippen LogP) is 1.67. The van der Waals surface area contributed by atoms with Gasteiger partial charge in [0.05, 0.1) is 11.6 Å². The highest BCUT2D eigenvalue weighted by Gasteiger charge is 2.33. The molecule has 0 aliphatic carbocycles. The van der Waals surface area contributed by atoms with E-state index < -0.39 is 10.0 Å². The molecule has 1 fully saturated rings. The molecular formula is C16H18N4O3S. The van der Waals surface area contributed by atoms with Crippen molar-refractivity contribution >= 4 is 15.7 Å². The van der Waals surface area contributed by atoms with Gasteiger partial charge in [0.1, 0.15) is 10.6 Å². The van der Waals surface area contributed by atoms with Gasteiger partial charge < -0.3 is 9.42 Å². The first-order chi connectivity index (χ1) is 11.4. The molecule has 3 rings (SSSR count). The van der Waals surface area contributed by atoms with Crippen LogP contribution in [0.1, 0.15) is 17.0 Å². The third-order valence-electron chi connectivity index (χ3n) is 4.14. The summed E-state index contributed by atoms with van der Waals surface area (Å²) in [4.78, 5) is 2.25. The zero-order valence-electron chi connectivity index (χ0n) is 13.6. The normalized spacial score (nSPS) is 16.1. The van der Waals surface area contributed by atoms with Crippen molar-refractivity contribution in [3.63, 3.8) is 0 Å². The molecule has 0 amide bonds. The first-order valence-electron chi connectivity index (χ1n) is 7.61. The molecule has 1 aromatic heterocycles. The quantitative estimate of drug-likeness (QED) is 0.840. The summed E-state index contributed by atoms with van der Waals surface area (Å²) in [5, 5.41) is 12.7. The fourth-order valence-electron chi connectivity index (χ4n) is 2.93. The second-order valence-electron chi connectivity index (χ2n) is 5.71. The average molecular weight is 346 g/mol. The summed E-state index contributed by atoms with van der Waals surface area (Å²) < 4.78 is 32.0. The zero-order chi connectivity index (χ0) is 17.3. The molecule has 126 valence electrons. The molecule has 0 N–H and O–H groups in total. The van der Waals surface area contributed by atoms with E-state index in [1.165, 1.54) is 4.31 Å². The van der Waals surface area contributed by atoms with E-state index >= 15 is 0 Å². The van der Waals surface area contributed by atoms with E-state index in [9.17, 15) is 8.42 Å². The first-order valence-corrected chi connectivity index (χ1v) is 9.05. The van der Waals surface area contributed by atoms with Gasteiger partial charge >= 0.3 is 0 Å².